The van der Waals surface area contributed by atoms with Crippen molar-refractivity contribution in [1.82, 2.24) is 5.32 Å². The monoisotopic (exact) mass is 510 g/mol. The van der Waals surface area contributed by atoms with Gasteiger partial charge in [0.1, 0.15) is 12.4 Å². The van der Waals surface area contributed by atoms with Crippen LogP contribution in [0.1, 0.15) is 30.9 Å². The van der Waals surface area contributed by atoms with E-state index in [4.69, 9.17) is 14.2 Å². The Kier molecular flexibility index (Phi) is 8.62. The van der Waals surface area contributed by atoms with Crippen LogP contribution in [0.4, 0.5) is 5.69 Å². The van der Waals surface area contributed by atoms with Crippen LogP contribution >= 0.6 is 0 Å². The molecule has 0 fully saturated rings. The highest BCUT2D eigenvalue weighted by Gasteiger charge is 2.38. The molecule has 37 heavy (non-hydrogen) atoms. The van der Waals surface area contributed by atoms with Crippen molar-refractivity contribution < 1.29 is 38.3 Å². The summed E-state index contributed by atoms with van der Waals surface area (Å²) in [5.74, 6) is -2.42. The molecule has 2 aromatic rings. The van der Waals surface area contributed by atoms with Crippen LogP contribution in [0.2, 0.25) is 0 Å². The first kappa shape index (κ1) is 26.9. The Hall–Kier alpha value is -4.67. The second-order valence-electron chi connectivity index (χ2n) is 8.06. The lowest BCUT2D eigenvalue weighted by Crippen LogP contribution is -2.32. The van der Waals surface area contributed by atoms with Gasteiger partial charge in [-0.05, 0) is 37.1 Å². The SMILES string of the molecule is COC(=O)COc1ccc(COC(=O)C2=C(C)NC(C)=C(C(=O)OC)C2c2cccc([N+](=O)[O-])c2)cc1. The molecule has 3 rings (SSSR count). The van der Waals surface area contributed by atoms with Crippen LogP contribution in [-0.4, -0.2) is 43.7 Å². The maximum atomic E-state index is 13.3. The molecular formula is C26H26N2O9. The second kappa shape index (κ2) is 11.8. The van der Waals surface area contributed by atoms with Crippen LogP contribution < -0.4 is 10.1 Å². The molecule has 0 aliphatic carbocycles. The van der Waals surface area contributed by atoms with Crippen LogP contribution in [0.25, 0.3) is 0 Å². The Bertz CT molecular complexity index is 1280. The van der Waals surface area contributed by atoms with Crippen molar-refractivity contribution in [2.45, 2.75) is 26.4 Å². The Morgan fingerprint density at radius 2 is 1.59 bits per heavy atom. The number of carbonyl (C=O) groups excluding carboxylic acids is 3. The molecule has 11 heteroatoms. The van der Waals surface area contributed by atoms with Crippen molar-refractivity contribution in [3.8, 4) is 5.75 Å². The van der Waals surface area contributed by atoms with Gasteiger partial charge in [0.05, 0.1) is 36.2 Å². The molecule has 0 spiro atoms. The van der Waals surface area contributed by atoms with Crippen molar-refractivity contribution >= 4 is 23.6 Å². The van der Waals surface area contributed by atoms with E-state index in [0.29, 0.717) is 28.3 Å². The minimum Gasteiger partial charge on any atom is -0.482 e. The Balaban J connectivity index is 1.87. The molecule has 0 saturated carbocycles. The zero-order valence-electron chi connectivity index (χ0n) is 20.7. The van der Waals surface area contributed by atoms with Gasteiger partial charge in [0.2, 0.25) is 0 Å². The lowest BCUT2D eigenvalue weighted by Gasteiger charge is -2.30. The fourth-order valence-electron chi connectivity index (χ4n) is 3.91. The number of dihydropyridines is 1. The molecule has 0 saturated heterocycles. The average Bonchev–Trinajstić information content (AvgIpc) is 2.90. The van der Waals surface area contributed by atoms with E-state index < -0.39 is 28.7 Å². The van der Waals surface area contributed by atoms with Crippen molar-refractivity contribution in [2.75, 3.05) is 20.8 Å². The first-order chi connectivity index (χ1) is 17.7. The third kappa shape index (κ3) is 6.31. The molecule has 1 N–H and O–H groups in total. The number of hydrogen-bond acceptors (Lipinski definition) is 10. The van der Waals surface area contributed by atoms with E-state index in [1.165, 1.54) is 32.4 Å². The van der Waals surface area contributed by atoms with Crippen LogP contribution in [0, 0.1) is 10.1 Å². The molecule has 1 atom stereocenters. The third-order valence-corrected chi connectivity index (χ3v) is 5.68. The number of esters is 3. The van der Waals surface area contributed by atoms with Gasteiger partial charge in [-0.15, -0.1) is 0 Å². The summed E-state index contributed by atoms with van der Waals surface area (Å²) in [6, 6.07) is 12.3. The molecule has 1 aliphatic heterocycles. The fourth-order valence-corrected chi connectivity index (χ4v) is 3.91. The summed E-state index contributed by atoms with van der Waals surface area (Å²) < 4.78 is 20.3. The highest BCUT2D eigenvalue weighted by atomic mass is 16.6. The van der Waals surface area contributed by atoms with Gasteiger partial charge in [0.15, 0.2) is 6.61 Å². The number of non-ortho nitro benzene ring substituents is 1. The number of carbonyl (C=O) groups is 3. The average molecular weight is 510 g/mol. The van der Waals surface area contributed by atoms with E-state index >= 15 is 0 Å². The fraction of sp³-hybridized carbons (Fsp3) is 0.269. The summed E-state index contributed by atoms with van der Waals surface area (Å²) in [7, 11) is 2.48. The zero-order chi connectivity index (χ0) is 27.1. The molecule has 0 amide bonds. The Labute approximate surface area is 212 Å². The van der Waals surface area contributed by atoms with Gasteiger partial charge in [-0.2, -0.15) is 0 Å². The molecule has 0 radical (unpaired) electrons. The standard InChI is InChI=1S/C26H26N2O9/c1-15-22(25(30)35-4)24(18-6-5-7-19(12-18)28(32)33)23(16(2)27-15)26(31)37-13-17-8-10-20(11-9-17)36-14-21(29)34-3/h5-12,24,27H,13-14H2,1-4H3. The summed E-state index contributed by atoms with van der Waals surface area (Å²) in [6.45, 7) is 2.99. The molecule has 11 nitrogen and oxygen atoms in total. The first-order valence-electron chi connectivity index (χ1n) is 11.1. The quantitative estimate of drug-likeness (QED) is 0.231. The summed E-state index contributed by atoms with van der Waals surface area (Å²) in [4.78, 5) is 48.1. The van der Waals surface area contributed by atoms with Gasteiger partial charge in [-0.25, -0.2) is 14.4 Å². The minimum absolute atomic E-state index is 0.0925. The molecule has 1 heterocycles. The number of nitro groups is 1. The summed E-state index contributed by atoms with van der Waals surface area (Å²) in [5, 5.41) is 14.4. The number of hydrogen-bond donors (Lipinski definition) is 1. The molecule has 0 bridgehead atoms. The van der Waals surface area contributed by atoms with E-state index in [1.54, 1.807) is 44.2 Å². The van der Waals surface area contributed by atoms with Crippen molar-refractivity contribution in [3.63, 3.8) is 0 Å². The van der Waals surface area contributed by atoms with Crippen molar-refractivity contribution in [1.29, 1.82) is 0 Å². The molecule has 2 aromatic carbocycles. The van der Waals surface area contributed by atoms with Crippen molar-refractivity contribution in [2.24, 2.45) is 0 Å². The van der Waals surface area contributed by atoms with E-state index in [1.807, 2.05) is 0 Å². The number of nitrogens with zero attached hydrogens (tertiary/aromatic N) is 1. The molecule has 194 valence electrons. The van der Waals surface area contributed by atoms with Gasteiger partial charge >= 0.3 is 17.9 Å². The summed E-state index contributed by atoms with van der Waals surface area (Å²) >= 11 is 0. The number of nitro benzene ring substituents is 1. The number of rotatable bonds is 9. The normalized spacial score (nSPS) is 15.0. The smallest absolute Gasteiger partial charge is 0.343 e. The maximum Gasteiger partial charge on any atom is 0.343 e. The first-order valence-corrected chi connectivity index (χ1v) is 11.1. The lowest BCUT2D eigenvalue weighted by molar-refractivity contribution is -0.384. The van der Waals surface area contributed by atoms with Crippen LogP contribution in [-0.2, 0) is 35.2 Å². The molecule has 1 unspecified atom stereocenters. The van der Waals surface area contributed by atoms with Gasteiger partial charge in [0.25, 0.3) is 5.69 Å². The summed E-state index contributed by atoms with van der Waals surface area (Å²) in [6.07, 6.45) is 0. The molecule has 1 aliphatic rings. The topological polar surface area (TPSA) is 143 Å². The Morgan fingerprint density at radius 1 is 0.946 bits per heavy atom. The van der Waals surface area contributed by atoms with Gasteiger partial charge in [-0.3, -0.25) is 10.1 Å². The van der Waals surface area contributed by atoms with E-state index in [0.717, 1.165) is 0 Å². The van der Waals surface area contributed by atoms with Gasteiger partial charge in [0, 0.05) is 23.5 Å². The van der Waals surface area contributed by atoms with Crippen LogP contribution in [0.5, 0.6) is 5.75 Å². The van der Waals surface area contributed by atoms with Gasteiger partial charge < -0.3 is 24.3 Å². The predicted octanol–water partition coefficient (Wildman–Crippen LogP) is 3.30. The highest BCUT2D eigenvalue weighted by molar-refractivity contribution is 5.99. The van der Waals surface area contributed by atoms with E-state index in [-0.39, 0.29) is 30.0 Å². The Morgan fingerprint density at radius 3 is 2.19 bits per heavy atom. The van der Waals surface area contributed by atoms with Crippen LogP contribution in [0.15, 0.2) is 71.1 Å². The maximum absolute atomic E-state index is 13.3. The number of benzene rings is 2. The predicted molar refractivity (Wildman–Crippen MR) is 130 cm³/mol. The van der Waals surface area contributed by atoms with E-state index in [2.05, 4.69) is 10.1 Å². The number of nitrogens with one attached hydrogen (secondary N) is 1. The van der Waals surface area contributed by atoms with E-state index in [9.17, 15) is 24.5 Å². The lowest BCUT2D eigenvalue weighted by atomic mass is 9.80. The number of allylic oxidation sites excluding steroid dienone is 2. The minimum atomic E-state index is -0.949. The number of methoxy groups -OCH3 is 2. The summed E-state index contributed by atoms with van der Waals surface area (Å²) in [5.41, 5.74) is 2.01. The van der Waals surface area contributed by atoms with Gasteiger partial charge in [-0.1, -0.05) is 24.3 Å². The highest BCUT2D eigenvalue weighted by Crippen LogP contribution is 2.40. The third-order valence-electron chi connectivity index (χ3n) is 5.68. The second-order valence-corrected chi connectivity index (χ2v) is 8.06. The zero-order valence-corrected chi connectivity index (χ0v) is 20.7. The molecule has 0 aromatic heterocycles. The van der Waals surface area contributed by atoms with Crippen molar-refractivity contribution in [3.05, 3.63) is 92.3 Å². The van der Waals surface area contributed by atoms with Crippen LogP contribution in [0.3, 0.4) is 0 Å². The largest absolute Gasteiger partial charge is 0.482 e. The number of ether oxygens (including phenoxy) is 4. The molecular weight excluding hydrogens is 484 g/mol.